The van der Waals surface area contributed by atoms with E-state index in [1.807, 2.05) is 6.55 Å². The molecule has 0 atom stereocenters. The summed E-state index contributed by atoms with van der Waals surface area (Å²) in [5.41, 5.74) is 9.84. The molecule has 0 nitrogen and oxygen atoms in total. The summed E-state index contributed by atoms with van der Waals surface area (Å²) in [5, 5.41) is 5.16. The van der Waals surface area contributed by atoms with E-state index >= 15 is 0 Å². The fraction of sp³-hybridized carbons (Fsp3) is 0.385. The molecule has 310 valence electrons. The number of alkyl halides is 3. The van der Waals surface area contributed by atoms with Crippen LogP contribution in [0.1, 0.15) is 94.6 Å². The van der Waals surface area contributed by atoms with Crippen molar-refractivity contribution in [3.05, 3.63) is 140 Å². The first-order chi connectivity index (χ1) is 27.5. The summed E-state index contributed by atoms with van der Waals surface area (Å²) in [7, 11) is 0. The Hall–Kier alpha value is -2.69. The van der Waals surface area contributed by atoms with Gasteiger partial charge in [0.15, 0.2) is 0 Å². The standard InChI is InChI=1S/2C24H25.C4H7F3Si.2ClH.Zr/c2*1-18-11-13-21(14-12-18)23-10-6-9-22-16-20(17-24(22)23)15-19-7-4-2-3-5-8-19;1-8-3-2-4(5,6)7;;;/h2*6,9-15,17,19H,2-5,7-8H2,1H3;2-3H2,1H3;2*1H;/q2*-1;;;;+2/p-2. The second kappa shape index (κ2) is 24.1. The van der Waals surface area contributed by atoms with E-state index in [9.17, 15) is 13.2 Å². The number of rotatable bonds is 6. The molecule has 0 aromatic heterocycles. The molecule has 0 aliphatic heterocycles. The number of aryl methyl sites for hydroxylation is 2. The van der Waals surface area contributed by atoms with Gasteiger partial charge in [-0.2, -0.15) is 0 Å². The van der Waals surface area contributed by atoms with Crippen molar-refractivity contribution in [2.75, 3.05) is 0 Å². The van der Waals surface area contributed by atoms with Crippen molar-refractivity contribution in [3.63, 3.8) is 0 Å². The zero-order chi connectivity index (χ0) is 40.2. The van der Waals surface area contributed by atoms with Crippen molar-refractivity contribution in [1.29, 1.82) is 0 Å². The van der Waals surface area contributed by atoms with Gasteiger partial charge < -0.3 is 24.8 Å². The molecule has 4 aromatic carbocycles. The van der Waals surface area contributed by atoms with Crippen LogP contribution in [0, 0.1) is 25.7 Å². The first-order valence-electron chi connectivity index (χ1n) is 21.2. The molecule has 0 saturated heterocycles. The predicted molar refractivity (Wildman–Crippen MR) is 233 cm³/mol. The van der Waals surface area contributed by atoms with Crippen molar-refractivity contribution in [2.24, 2.45) is 11.8 Å². The van der Waals surface area contributed by atoms with Gasteiger partial charge in [-0.3, -0.25) is 0 Å². The van der Waals surface area contributed by atoms with E-state index in [1.165, 1.54) is 166 Å². The Bertz CT molecular complexity index is 2140. The van der Waals surface area contributed by atoms with E-state index < -0.39 is 18.0 Å². The zero-order valence-corrected chi connectivity index (χ0v) is 39.8. The van der Waals surface area contributed by atoms with E-state index in [2.05, 4.69) is 135 Å². The fourth-order valence-corrected chi connectivity index (χ4v) is 9.88. The number of allylic oxidation sites excluding steroid dienone is 4. The molecule has 0 radical (unpaired) electrons. The van der Waals surface area contributed by atoms with Gasteiger partial charge in [-0.15, -0.1) is 80.6 Å². The maximum absolute atomic E-state index is 11.4. The van der Waals surface area contributed by atoms with E-state index in [0.29, 0.717) is 6.04 Å². The van der Waals surface area contributed by atoms with Crippen molar-refractivity contribution >= 4 is 29.7 Å². The molecule has 0 spiro atoms. The third-order valence-electron chi connectivity index (χ3n) is 11.5. The van der Waals surface area contributed by atoms with Crippen LogP contribution in [0.5, 0.6) is 0 Å². The summed E-state index contributed by atoms with van der Waals surface area (Å²) < 4.78 is 34.3. The quantitative estimate of drug-likeness (QED) is 0.124. The maximum atomic E-state index is 11.4. The molecule has 4 aliphatic carbocycles. The van der Waals surface area contributed by atoms with Crippen molar-refractivity contribution in [1.82, 2.24) is 0 Å². The molecule has 0 amide bonds. The number of halogens is 5. The largest absolute Gasteiger partial charge is 1.00 e. The van der Waals surface area contributed by atoms with Crippen molar-refractivity contribution in [2.45, 2.75) is 116 Å². The van der Waals surface area contributed by atoms with Gasteiger partial charge in [-0.25, -0.2) is 0 Å². The van der Waals surface area contributed by atoms with Gasteiger partial charge in [-0.1, -0.05) is 172 Å². The molecular weight excluding hydrogens is 872 g/mol. The van der Waals surface area contributed by atoms with Crippen LogP contribution >= 0.6 is 0 Å². The van der Waals surface area contributed by atoms with E-state index in [1.54, 1.807) is 0 Å². The molecule has 59 heavy (non-hydrogen) atoms. The minimum atomic E-state index is -3.93. The Balaban J connectivity index is 0.000000211. The van der Waals surface area contributed by atoms with Crippen LogP contribution in [-0.2, 0) is 23.3 Å². The third-order valence-corrected chi connectivity index (χ3v) is 14.4. The normalized spacial score (nSPS) is 17.6. The topological polar surface area (TPSA) is 0 Å². The van der Waals surface area contributed by atoms with E-state index in [-0.39, 0.29) is 24.8 Å². The second-order valence-corrected chi connectivity index (χ2v) is 24.8. The van der Waals surface area contributed by atoms with Gasteiger partial charge in [0.25, 0.3) is 0 Å². The summed E-state index contributed by atoms with van der Waals surface area (Å²) in [6, 6.07) is 31.2. The zero-order valence-electron chi connectivity index (χ0n) is 34.8. The van der Waals surface area contributed by atoms with Crippen LogP contribution in [0.15, 0.2) is 108 Å². The predicted octanol–water partition coefficient (Wildman–Crippen LogP) is 6.14. The first-order valence-corrected chi connectivity index (χ1v) is 27.1. The molecule has 0 N–H and O–H groups in total. The molecule has 0 heterocycles. The average Bonchev–Trinajstić information content (AvgIpc) is 3.57. The molecule has 2 fully saturated rings. The monoisotopic (exact) mass is 926 g/mol. The molecule has 4 aliphatic rings. The average molecular weight is 929 g/mol. The minimum absolute atomic E-state index is 0. The third kappa shape index (κ3) is 15.3. The van der Waals surface area contributed by atoms with E-state index in [4.69, 9.17) is 0 Å². The molecule has 2 saturated carbocycles. The minimum Gasteiger partial charge on any atom is -1.00 e. The van der Waals surface area contributed by atoms with Gasteiger partial charge >= 0.3 is 67.1 Å². The summed E-state index contributed by atoms with van der Waals surface area (Å²) in [4.78, 5) is 0. The first kappa shape index (κ1) is 49.0. The Morgan fingerprint density at radius 2 is 0.966 bits per heavy atom. The molecule has 0 unspecified atom stereocenters. The maximum Gasteiger partial charge on any atom is -0.0259 e. The molecule has 0 bridgehead atoms. The number of fused-ring (bicyclic) bond motifs is 2. The molecular formula is C52H57Cl2F3SiZr-2. The van der Waals surface area contributed by atoms with Gasteiger partial charge in [0.05, 0.1) is 0 Å². The Morgan fingerprint density at radius 3 is 1.29 bits per heavy atom. The summed E-state index contributed by atoms with van der Waals surface area (Å²) in [6.45, 7) is 6.20. The SMILES string of the molecule is C[Si](=[Zr+2])CCC(F)(F)F.Cc1ccc(-c2cccc3c2=CC(=CC2CCCCCC2)[C-]=3)cc1.Cc1ccc(-c2cccc3c2=CC(=CC2CCCCCC2)[C-]=3)cc1.[Cl-].[Cl-]. The van der Waals surface area contributed by atoms with E-state index in [0.717, 1.165) is 11.8 Å². The van der Waals surface area contributed by atoms with Crippen LogP contribution in [-0.4, -0.2) is 11.6 Å². The Morgan fingerprint density at radius 1 is 0.593 bits per heavy atom. The number of hydrogen-bond donors (Lipinski definition) is 0. The number of hydrogen-bond acceptors (Lipinski definition) is 0. The summed E-state index contributed by atoms with van der Waals surface area (Å²) >= 11 is 1.29. The van der Waals surface area contributed by atoms with Gasteiger partial charge in [0.1, 0.15) is 0 Å². The number of benzene rings is 4. The van der Waals surface area contributed by atoms with Crippen LogP contribution in [0.25, 0.3) is 46.6 Å². The van der Waals surface area contributed by atoms with Crippen LogP contribution in [0.4, 0.5) is 13.2 Å². The molecule has 4 aromatic rings. The second-order valence-electron chi connectivity index (χ2n) is 16.4. The van der Waals surface area contributed by atoms with Crippen LogP contribution in [0.2, 0.25) is 12.6 Å². The summed E-state index contributed by atoms with van der Waals surface area (Å²) in [5.74, 6) is 1.48. The van der Waals surface area contributed by atoms with Gasteiger partial charge in [0, 0.05) is 0 Å². The molecule has 7 heteroatoms. The van der Waals surface area contributed by atoms with Crippen molar-refractivity contribution < 1.29 is 61.3 Å². The smallest absolute Gasteiger partial charge is 0.0259 e. The Kier molecular flexibility index (Phi) is 20.0. The van der Waals surface area contributed by atoms with Gasteiger partial charge in [0.2, 0.25) is 0 Å². The summed E-state index contributed by atoms with van der Waals surface area (Å²) in [6.07, 6.45) is 29.0. The van der Waals surface area contributed by atoms with Gasteiger partial charge in [-0.05, 0) is 36.8 Å². The molecule has 8 rings (SSSR count). The van der Waals surface area contributed by atoms with Crippen LogP contribution < -0.4 is 45.7 Å². The van der Waals surface area contributed by atoms with Crippen LogP contribution in [0.3, 0.4) is 0 Å². The Labute approximate surface area is 378 Å². The fourth-order valence-electron chi connectivity index (χ4n) is 8.30. The van der Waals surface area contributed by atoms with Crippen molar-refractivity contribution in [3.8, 4) is 22.3 Å².